The Balaban J connectivity index is 1.71. The van der Waals surface area contributed by atoms with Crippen molar-refractivity contribution < 1.29 is 14.7 Å². The van der Waals surface area contributed by atoms with Crippen LogP contribution < -0.4 is 5.32 Å². The van der Waals surface area contributed by atoms with Gasteiger partial charge in [0.25, 0.3) is 0 Å². The highest BCUT2D eigenvalue weighted by atomic mass is 16.3. The fourth-order valence-corrected chi connectivity index (χ4v) is 3.14. The highest BCUT2D eigenvalue weighted by molar-refractivity contribution is 5.97. The van der Waals surface area contributed by atoms with Gasteiger partial charge in [-0.3, -0.25) is 4.79 Å². The van der Waals surface area contributed by atoms with E-state index in [1.165, 1.54) is 0 Å². The first-order valence-electron chi connectivity index (χ1n) is 9.16. The monoisotopic (exact) mass is 346 g/mol. The molecule has 0 atom stereocenters. The molecule has 2 rings (SSSR count). The molecule has 2 N–H and O–H groups in total. The number of carbonyl (C=O) groups is 2. The van der Waals surface area contributed by atoms with Crippen LogP contribution in [0.3, 0.4) is 0 Å². The SMILES string of the molecule is CC(C)(CO)CCCNC(=O)N1CCC(C(=O)c2ccccc2)CC1. The normalized spacial score (nSPS) is 15.9. The topological polar surface area (TPSA) is 69.6 Å². The molecule has 138 valence electrons. The molecule has 0 unspecified atom stereocenters. The summed E-state index contributed by atoms with van der Waals surface area (Å²) in [4.78, 5) is 26.5. The molecule has 5 nitrogen and oxygen atoms in total. The van der Waals surface area contributed by atoms with E-state index in [-0.39, 0.29) is 29.8 Å². The van der Waals surface area contributed by atoms with Gasteiger partial charge in [-0.05, 0) is 31.1 Å². The minimum absolute atomic E-state index is 0.0109. The molecule has 25 heavy (non-hydrogen) atoms. The molecule has 1 saturated heterocycles. The van der Waals surface area contributed by atoms with E-state index in [2.05, 4.69) is 5.32 Å². The second-order valence-corrected chi connectivity index (χ2v) is 7.65. The van der Waals surface area contributed by atoms with Crippen molar-refractivity contribution in [2.45, 2.75) is 39.5 Å². The Hall–Kier alpha value is -1.88. The Morgan fingerprint density at radius 1 is 1.20 bits per heavy atom. The smallest absolute Gasteiger partial charge is 0.317 e. The number of Topliss-reactive ketones (excluding diaryl/α,β-unsaturated/α-hetero) is 1. The van der Waals surface area contributed by atoms with Crippen LogP contribution in [0.15, 0.2) is 30.3 Å². The number of piperidine rings is 1. The van der Waals surface area contributed by atoms with Gasteiger partial charge in [-0.25, -0.2) is 4.79 Å². The number of benzene rings is 1. The number of hydrogen-bond acceptors (Lipinski definition) is 3. The van der Waals surface area contributed by atoms with E-state index in [1.807, 2.05) is 44.2 Å². The van der Waals surface area contributed by atoms with Crippen molar-refractivity contribution in [1.82, 2.24) is 10.2 Å². The first-order valence-corrected chi connectivity index (χ1v) is 9.16. The number of likely N-dealkylation sites (tertiary alicyclic amines) is 1. The van der Waals surface area contributed by atoms with E-state index in [0.29, 0.717) is 19.6 Å². The van der Waals surface area contributed by atoms with Gasteiger partial charge in [0.05, 0.1) is 0 Å². The van der Waals surface area contributed by atoms with E-state index < -0.39 is 0 Å². The second-order valence-electron chi connectivity index (χ2n) is 7.65. The van der Waals surface area contributed by atoms with Crippen molar-refractivity contribution in [1.29, 1.82) is 0 Å². The number of amides is 2. The number of rotatable bonds is 7. The molecular weight excluding hydrogens is 316 g/mol. The lowest BCUT2D eigenvalue weighted by Gasteiger charge is -2.31. The number of urea groups is 1. The molecule has 1 heterocycles. The summed E-state index contributed by atoms with van der Waals surface area (Å²) in [5, 5.41) is 12.2. The minimum Gasteiger partial charge on any atom is -0.396 e. The quantitative estimate of drug-likeness (QED) is 0.589. The second kappa shape index (κ2) is 8.99. The molecule has 0 radical (unpaired) electrons. The van der Waals surface area contributed by atoms with Crippen LogP contribution >= 0.6 is 0 Å². The fraction of sp³-hybridized carbons (Fsp3) is 0.600. The Labute approximate surface area is 150 Å². The Kier molecular flexibility index (Phi) is 7.00. The highest BCUT2D eigenvalue weighted by Crippen LogP contribution is 2.22. The maximum absolute atomic E-state index is 12.5. The van der Waals surface area contributed by atoms with E-state index in [4.69, 9.17) is 0 Å². The van der Waals surface area contributed by atoms with Gasteiger partial charge >= 0.3 is 6.03 Å². The van der Waals surface area contributed by atoms with Gasteiger partial charge in [0, 0.05) is 37.7 Å². The van der Waals surface area contributed by atoms with Crippen molar-refractivity contribution in [2.75, 3.05) is 26.2 Å². The van der Waals surface area contributed by atoms with E-state index in [0.717, 1.165) is 31.2 Å². The number of carbonyl (C=O) groups excluding carboxylic acids is 2. The van der Waals surface area contributed by atoms with Crippen LogP contribution in [0.25, 0.3) is 0 Å². The summed E-state index contributed by atoms with van der Waals surface area (Å²) in [5.41, 5.74) is 0.665. The molecule has 0 saturated carbocycles. The van der Waals surface area contributed by atoms with Gasteiger partial charge in [-0.1, -0.05) is 44.2 Å². The van der Waals surface area contributed by atoms with Crippen molar-refractivity contribution >= 4 is 11.8 Å². The predicted molar refractivity (Wildman–Crippen MR) is 98.6 cm³/mol. The lowest BCUT2D eigenvalue weighted by molar-refractivity contribution is 0.0854. The molecule has 2 amide bonds. The Morgan fingerprint density at radius 2 is 1.84 bits per heavy atom. The number of aliphatic hydroxyl groups is 1. The predicted octanol–water partition coefficient (Wildman–Crippen LogP) is 3.09. The average molecular weight is 346 g/mol. The van der Waals surface area contributed by atoms with Gasteiger partial charge in [-0.15, -0.1) is 0 Å². The van der Waals surface area contributed by atoms with Gasteiger partial charge < -0.3 is 15.3 Å². The lowest BCUT2D eigenvalue weighted by atomic mass is 9.89. The fourth-order valence-electron chi connectivity index (χ4n) is 3.14. The summed E-state index contributed by atoms with van der Waals surface area (Å²) in [6.45, 7) is 6.05. The Bertz CT molecular complexity index is 564. The van der Waals surface area contributed by atoms with Crippen molar-refractivity contribution in [3.63, 3.8) is 0 Å². The van der Waals surface area contributed by atoms with E-state index >= 15 is 0 Å². The summed E-state index contributed by atoms with van der Waals surface area (Å²) < 4.78 is 0. The van der Waals surface area contributed by atoms with Crippen LogP contribution in [0.1, 0.15) is 49.9 Å². The zero-order valence-corrected chi connectivity index (χ0v) is 15.3. The summed E-state index contributed by atoms with van der Waals surface area (Å²) in [6, 6.07) is 9.34. The van der Waals surface area contributed by atoms with Crippen molar-refractivity contribution in [2.24, 2.45) is 11.3 Å². The molecule has 0 bridgehead atoms. The van der Waals surface area contributed by atoms with E-state index in [1.54, 1.807) is 4.90 Å². The highest BCUT2D eigenvalue weighted by Gasteiger charge is 2.27. The van der Waals surface area contributed by atoms with Gasteiger partial charge in [0.15, 0.2) is 5.78 Å². The zero-order chi connectivity index (χ0) is 18.3. The van der Waals surface area contributed by atoms with Crippen LogP contribution in [0, 0.1) is 11.3 Å². The third kappa shape index (κ3) is 5.85. The van der Waals surface area contributed by atoms with Crippen molar-refractivity contribution in [3.8, 4) is 0 Å². The van der Waals surface area contributed by atoms with Crippen molar-refractivity contribution in [3.05, 3.63) is 35.9 Å². The standard InChI is InChI=1S/C20H30N2O3/c1-20(2,15-23)11-6-12-21-19(25)22-13-9-17(10-14-22)18(24)16-7-4-3-5-8-16/h3-5,7-8,17,23H,6,9-15H2,1-2H3,(H,21,25). The molecular formula is C20H30N2O3. The summed E-state index contributed by atoms with van der Waals surface area (Å²) in [5.74, 6) is 0.198. The number of hydrogen-bond donors (Lipinski definition) is 2. The maximum Gasteiger partial charge on any atom is 0.317 e. The minimum atomic E-state index is -0.0964. The summed E-state index contributed by atoms with van der Waals surface area (Å²) >= 11 is 0. The zero-order valence-electron chi connectivity index (χ0n) is 15.3. The molecule has 0 aliphatic carbocycles. The third-order valence-corrected chi connectivity index (χ3v) is 4.95. The van der Waals surface area contributed by atoms with Gasteiger partial charge in [0.1, 0.15) is 0 Å². The van der Waals surface area contributed by atoms with Gasteiger partial charge in [-0.2, -0.15) is 0 Å². The number of ketones is 1. The lowest BCUT2D eigenvalue weighted by Crippen LogP contribution is -2.45. The van der Waals surface area contributed by atoms with Crippen LogP contribution in [0.4, 0.5) is 4.79 Å². The molecule has 0 aromatic heterocycles. The number of nitrogens with zero attached hydrogens (tertiary/aromatic N) is 1. The first kappa shape index (κ1) is 19.4. The summed E-state index contributed by atoms with van der Waals surface area (Å²) in [7, 11) is 0. The third-order valence-electron chi connectivity index (χ3n) is 4.95. The summed E-state index contributed by atoms with van der Waals surface area (Å²) in [6.07, 6.45) is 3.16. The largest absolute Gasteiger partial charge is 0.396 e. The number of nitrogens with one attached hydrogen (secondary N) is 1. The van der Waals surface area contributed by atoms with Gasteiger partial charge in [0.2, 0.25) is 0 Å². The number of aliphatic hydroxyl groups excluding tert-OH is 1. The van der Waals surface area contributed by atoms with Crippen LogP contribution in [-0.2, 0) is 0 Å². The molecule has 1 aromatic rings. The molecule has 1 aliphatic heterocycles. The van der Waals surface area contributed by atoms with Crippen LogP contribution in [0.2, 0.25) is 0 Å². The molecule has 0 spiro atoms. The average Bonchev–Trinajstić information content (AvgIpc) is 2.65. The molecule has 5 heteroatoms. The Morgan fingerprint density at radius 3 is 2.44 bits per heavy atom. The molecule has 1 aliphatic rings. The molecule has 1 fully saturated rings. The van der Waals surface area contributed by atoms with Crippen LogP contribution in [0.5, 0.6) is 0 Å². The van der Waals surface area contributed by atoms with E-state index in [9.17, 15) is 14.7 Å². The molecule has 1 aromatic carbocycles. The first-order chi connectivity index (χ1) is 11.9. The van der Waals surface area contributed by atoms with Crippen LogP contribution in [-0.4, -0.2) is 48.1 Å². The maximum atomic E-state index is 12.5.